The lowest BCUT2D eigenvalue weighted by Gasteiger charge is -2.07. The summed E-state index contributed by atoms with van der Waals surface area (Å²) in [6.45, 7) is 3.84. The molecular weight excluding hydrogens is 250 g/mol. The minimum atomic E-state index is -0.0943. The van der Waals surface area contributed by atoms with Crippen LogP contribution in [0.15, 0.2) is 36.4 Å². The predicted octanol–water partition coefficient (Wildman–Crippen LogP) is 2.80. The number of aliphatic hydroxyl groups is 1. The highest BCUT2D eigenvalue weighted by atomic mass is 16.3. The van der Waals surface area contributed by atoms with Crippen LogP contribution in [0.1, 0.15) is 17.0 Å². The lowest BCUT2D eigenvalue weighted by molar-refractivity contribution is 0.276. The number of hydrogen-bond acceptors (Lipinski definition) is 4. The molecule has 20 heavy (non-hydrogen) atoms. The fraction of sp³-hybridized carbons (Fsp3) is 0.188. The van der Waals surface area contributed by atoms with Crippen LogP contribution in [0, 0.1) is 13.8 Å². The van der Waals surface area contributed by atoms with E-state index in [9.17, 15) is 5.11 Å². The van der Waals surface area contributed by atoms with E-state index in [0.29, 0.717) is 11.5 Å². The number of pyridine rings is 1. The van der Waals surface area contributed by atoms with Crippen LogP contribution in [0.5, 0.6) is 0 Å². The molecule has 3 aromatic rings. The highest BCUT2D eigenvalue weighted by Crippen LogP contribution is 2.22. The summed E-state index contributed by atoms with van der Waals surface area (Å²) < 4.78 is 0. The summed E-state index contributed by atoms with van der Waals surface area (Å²) in [5.41, 5.74) is 4.24. The van der Waals surface area contributed by atoms with Crippen molar-refractivity contribution in [2.24, 2.45) is 0 Å². The van der Waals surface area contributed by atoms with Crippen molar-refractivity contribution in [1.82, 2.24) is 15.0 Å². The van der Waals surface area contributed by atoms with Gasteiger partial charge in [-0.15, -0.1) is 0 Å². The van der Waals surface area contributed by atoms with Crippen LogP contribution in [0.3, 0.4) is 0 Å². The second-order valence-electron chi connectivity index (χ2n) is 4.82. The van der Waals surface area contributed by atoms with Gasteiger partial charge in [0.25, 0.3) is 0 Å². The number of aliphatic hydroxyl groups excluding tert-OH is 1. The Kier molecular flexibility index (Phi) is 3.16. The zero-order valence-corrected chi connectivity index (χ0v) is 11.5. The van der Waals surface area contributed by atoms with Gasteiger partial charge in [-0.1, -0.05) is 18.2 Å². The third-order valence-electron chi connectivity index (χ3n) is 3.22. The molecular formula is C16H15N3O. The summed E-state index contributed by atoms with van der Waals surface area (Å²) in [5.74, 6) is 0.558. The van der Waals surface area contributed by atoms with E-state index in [1.165, 1.54) is 0 Å². The lowest BCUT2D eigenvalue weighted by Crippen LogP contribution is -2.00. The standard InChI is InChI=1S/C16H15N3O/c1-10-7-15(19-14-6-4-3-5-13(10)14)16-17-11(2)8-12(9-20)18-16/h3-8,20H,9H2,1-2H3. The molecule has 0 spiro atoms. The molecule has 0 aliphatic carbocycles. The van der Waals surface area contributed by atoms with E-state index < -0.39 is 0 Å². The number of nitrogens with zero attached hydrogens (tertiary/aromatic N) is 3. The highest BCUT2D eigenvalue weighted by molar-refractivity contribution is 5.84. The summed E-state index contributed by atoms with van der Waals surface area (Å²) >= 11 is 0. The first-order valence-corrected chi connectivity index (χ1v) is 6.49. The smallest absolute Gasteiger partial charge is 0.178 e. The van der Waals surface area contributed by atoms with Gasteiger partial charge in [0.1, 0.15) is 5.69 Å². The number of benzene rings is 1. The molecule has 0 atom stereocenters. The van der Waals surface area contributed by atoms with Gasteiger partial charge in [0, 0.05) is 11.1 Å². The minimum absolute atomic E-state index is 0.0943. The molecule has 1 aromatic carbocycles. The Morgan fingerprint density at radius 1 is 1.00 bits per heavy atom. The Morgan fingerprint density at radius 3 is 2.60 bits per heavy atom. The maximum absolute atomic E-state index is 9.25. The molecule has 0 bridgehead atoms. The Balaban J connectivity index is 2.22. The number of aromatic nitrogens is 3. The number of rotatable bonds is 2. The van der Waals surface area contributed by atoms with Crippen LogP contribution in [0.4, 0.5) is 0 Å². The predicted molar refractivity (Wildman–Crippen MR) is 78.2 cm³/mol. The van der Waals surface area contributed by atoms with Crippen molar-refractivity contribution in [1.29, 1.82) is 0 Å². The topological polar surface area (TPSA) is 58.9 Å². The molecule has 0 saturated carbocycles. The van der Waals surface area contributed by atoms with Gasteiger partial charge in [0.05, 0.1) is 17.8 Å². The van der Waals surface area contributed by atoms with Gasteiger partial charge in [0.2, 0.25) is 0 Å². The van der Waals surface area contributed by atoms with Crippen molar-refractivity contribution in [2.75, 3.05) is 0 Å². The van der Waals surface area contributed by atoms with E-state index >= 15 is 0 Å². The normalized spacial score (nSPS) is 10.9. The van der Waals surface area contributed by atoms with E-state index in [1.54, 1.807) is 6.07 Å². The fourth-order valence-corrected chi connectivity index (χ4v) is 2.29. The van der Waals surface area contributed by atoms with Gasteiger partial charge >= 0.3 is 0 Å². The average Bonchev–Trinajstić information content (AvgIpc) is 2.46. The van der Waals surface area contributed by atoms with Gasteiger partial charge in [-0.2, -0.15) is 0 Å². The number of aryl methyl sites for hydroxylation is 2. The number of fused-ring (bicyclic) bond motifs is 1. The molecule has 0 aliphatic heterocycles. The third-order valence-corrected chi connectivity index (χ3v) is 3.22. The molecule has 3 rings (SSSR count). The molecule has 4 heteroatoms. The monoisotopic (exact) mass is 265 g/mol. The Hall–Kier alpha value is -2.33. The maximum atomic E-state index is 9.25. The van der Waals surface area contributed by atoms with Gasteiger partial charge < -0.3 is 5.11 Å². The fourth-order valence-electron chi connectivity index (χ4n) is 2.29. The molecule has 0 saturated heterocycles. The number of hydrogen-bond donors (Lipinski definition) is 1. The first-order valence-electron chi connectivity index (χ1n) is 6.49. The van der Waals surface area contributed by atoms with E-state index in [1.807, 2.05) is 31.2 Å². The van der Waals surface area contributed by atoms with Crippen LogP contribution in [0.2, 0.25) is 0 Å². The van der Waals surface area contributed by atoms with Crippen LogP contribution in [0.25, 0.3) is 22.4 Å². The third kappa shape index (κ3) is 2.26. The molecule has 0 amide bonds. The molecule has 4 nitrogen and oxygen atoms in total. The molecule has 2 aromatic heterocycles. The van der Waals surface area contributed by atoms with Crippen LogP contribution in [-0.2, 0) is 6.61 Å². The zero-order chi connectivity index (χ0) is 14.1. The Labute approximate surface area is 117 Å². The van der Waals surface area contributed by atoms with Gasteiger partial charge in [-0.3, -0.25) is 0 Å². The van der Waals surface area contributed by atoms with Crippen LogP contribution < -0.4 is 0 Å². The SMILES string of the molecule is Cc1cc(CO)nc(-c2cc(C)c3ccccc3n2)n1. The molecule has 0 aliphatic rings. The van der Waals surface area contributed by atoms with Crippen LogP contribution in [-0.4, -0.2) is 20.1 Å². The van der Waals surface area contributed by atoms with Crippen molar-refractivity contribution >= 4 is 10.9 Å². The summed E-state index contributed by atoms with van der Waals surface area (Å²) in [5, 5.41) is 10.4. The molecule has 100 valence electrons. The highest BCUT2D eigenvalue weighted by Gasteiger charge is 2.09. The largest absolute Gasteiger partial charge is 0.390 e. The van der Waals surface area contributed by atoms with E-state index in [0.717, 1.165) is 27.9 Å². The van der Waals surface area contributed by atoms with Crippen molar-refractivity contribution in [3.8, 4) is 11.5 Å². The quantitative estimate of drug-likeness (QED) is 0.774. The second-order valence-corrected chi connectivity index (χ2v) is 4.82. The molecule has 0 unspecified atom stereocenters. The van der Waals surface area contributed by atoms with Gasteiger partial charge in [-0.05, 0) is 37.6 Å². The first kappa shape index (κ1) is 12.7. The second kappa shape index (κ2) is 4.98. The molecule has 0 radical (unpaired) electrons. The average molecular weight is 265 g/mol. The summed E-state index contributed by atoms with van der Waals surface area (Å²) in [4.78, 5) is 13.4. The van der Waals surface area contributed by atoms with Gasteiger partial charge in [0.15, 0.2) is 5.82 Å². The van der Waals surface area contributed by atoms with Crippen molar-refractivity contribution < 1.29 is 5.11 Å². The van der Waals surface area contributed by atoms with Crippen molar-refractivity contribution in [2.45, 2.75) is 20.5 Å². The van der Waals surface area contributed by atoms with E-state index in [-0.39, 0.29) is 6.61 Å². The minimum Gasteiger partial charge on any atom is -0.390 e. The van der Waals surface area contributed by atoms with Gasteiger partial charge in [-0.25, -0.2) is 15.0 Å². The van der Waals surface area contributed by atoms with Crippen molar-refractivity contribution in [3.05, 3.63) is 53.3 Å². The number of para-hydroxylation sites is 1. The maximum Gasteiger partial charge on any atom is 0.178 e. The zero-order valence-electron chi connectivity index (χ0n) is 11.5. The lowest BCUT2D eigenvalue weighted by atomic mass is 10.1. The summed E-state index contributed by atoms with van der Waals surface area (Å²) in [6.07, 6.45) is 0. The first-order chi connectivity index (χ1) is 9.67. The van der Waals surface area contributed by atoms with Crippen molar-refractivity contribution in [3.63, 3.8) is 0 Å². The van der Waals surface area contributed by atoms with E-state index in [4.69, 9.17) is 0 Å². The summed E-state index contributed by atoms with van der Waals surface area (Å²) in [6, 6.07) is 11.8. The molecule has 0 fully saturated rings. The Bertz CT molecular complexity index is 784. The van der Waals surface area contributed by atoms with E-state index in [2.05, 4.69) is 27.9 Å². The molecule has 2 heterocycles. The van der Waals surface area contributed by atoms with Crippen LogP contribution >= 0.6 is 0 Å². The Morgan fingerprint density at radius 2 is 1.80 bits per heavy atom. The molecule has 1 N–H and O–H groups in total. The summed E-state index contributed by atoms with van der Waals surface area (Å²) in [7, 11) is 0.